The van der Waals surface area contributed by atoms with Crippen LogP contribution in [-0.4, -0.2) is 32.9 Å². The Balaban J connectivity index is 2.20. The van der Waals surface area contributed by atoms with Crippen molar-refractivity contribution in [2.24, 2.45) is 0 Å². The summed E-state index contributed by atoms with van der Waals surface area (Å²) in [6.45, 7) is 5.07. The molecule has 0 radical (unpaired) electrons. The van der Waals surface area contributed by atoms with Gasteiger partial charge in [-0.25, -0.2) is 4.68 Å². The third kappa shape index (κ3) is 4.59. The predicted octanol–water partition coefficient (Wildman–Crippen LogP) is 5.31. The van der Waals surface area contributed by atoms with Gasteiger partial charge in [0.2, 0.25) is 0 Å². The number of nitrogens with one attached hydrogen (secondary N) is 1. The smallest absolute Gasteiger partial charge is 0.272 e. The number of benzene rings is 2. The molecule has 3 rings (SSSR count). The van der Waals surface area contributed by atoms with Crippen LogP contribution in [0.5, 0.6) is 0 Å². The van der Waals surface area contributed by atoms with Crippen molar-refractivity contribution in [1.82, 2.24) is 15.1 Å². The molecule has 0 spiro atoms. The Morgan fingerprint density at radius 3 is 2.31 bits per heavy atom. The average molecular weight is 453 g/mol. The summed E-state index contributed by atoms with van der Waals surface area (Å²) in [7, 11) is 0. The van der Waals surface area contributed by atoms with Crippen LogP contribution < -0.4 is 5.32 Å². The molecular formula is C21H20Cl3N3O2. The van der Waals surface area contributed by atoms with E-state index >= 15 is 0 Å². The van der Waals surface area contributed by atoms with Crippen LogP contribution in [0.2, 0.25) is 15.1 Å². The van der Waals surface area contributed by atoms with Gasteiger partial charge in [0, 0.05) is 21.2 Å². The van der Waals surface area contributed by atoms with Gasteiger partial charge in [0.05, 0.1) is 28.5 Å². The molecule has 2 aromatic carbocycles. The lowest BCUT2D eigenvalue weighted by Gasteiger charge is -2.22. The molecule has 0 aliphatic heterocycles. The molecule has 152 valence electrons. The predicted molar refractivity (Wildman–Crippen MR) is 117 cm³/mol. The molecule has 1 aromatic heterocycles. The summed E-state index contributed by atoms with van der Waals surface area (Å²) in [6, 6.07) is 12.3. The van der Waals surface area contributed by atoms with E-state index in [2.05, 4.69) is 10.4 Å². The van der Waals surface area contributed by atoms with Gasteiger partial charge in [-0.3, -0.25) is 4.79 Å². The molecule has 0 fully saturated rings. The van der Waals surface area contributed by atoms with Crippen LogP contribution in [0.15, 0.2) is 42.5 Å². The fraction of sp³-hybridized carbons (Fsp3) is 0.238. The summed E-state index contributed by atoms with van der Waals surface area (Å²) in [5.41, 5.74) is 2.24. The molecule has 5 nitrogen and oxygen atoms in total. The summed E-state index contributed by atoms with van der Waals surface area (Å²) in [5, 5.41) is 18.3. The zero-order valence-electron chi connectivity index (χ0n) is 16.1. The highest BCUT2D eigenvalue weighted by Crippen LogP contribution is 2.33. The highest BCUT2D eigenvalue weighted by molar-refractivity contribution is 6.35. The summed E-state index contributed by atoms with van der Waals surface area (Å²) in [4.78, 5) is 12.9. The number of hydrogen-bond acceptors (Lipinski definition) is 3. The lowest BCUT2D eigenvalue weighted by Crippen LogP contribution is -2.46. The molecule has 8 heteroatoms. The molecule has 0 bridgehead atoms. The molecule has 0 atom stereocenters. The number of aromatic nitrogens is 2. The third-order valence-corrected chi connectivity index (χ3v) is 5.23. The van der Waals surface area contributed by atoms with E-state index in [9.17, 15) is 9.90 Å². The van der Waals surface area contributed by atoms with Crippen molar-refractivity contribution in [3.05, 3.63) is 68.8 Å². The number of carbonyl (C=O) groups excluding carboxylic acids is 1. The Morgan fingerprint density at radius 1 is 1.10 bits per heavy atom. The molecule has 0 aliphatic carbocycles. The van der Waals surface area contributed by atoms with Gasteiger partial charge in [0.15, 0.2) is 5.69 Å². The molecule has 0 unspecified atom stereocenters. The summed E-state index contributed by atoms with van der Waals surface area (Å²) in [6.07, 6.45) is 0. The summed E-state index contributed by atoms with van der Waals surface area (Å²) < 4.78 is 1.62. The SMILES string of the molecule is Cc1c(C(=O)NC(C)(C)CO)nn(-c2ccc(Cl)cc2Cl)c1-c1ccc(Cl)cc1. The number of nitrogens with zero attached hydrogens (tertiary/aromatic N) is 2. The van der Waals surface area contributed by atoms with E-state index < -0.39 is 5.54 Å². The maximum absolute atomic E-state index is 12.9. The highest BCUT2D eigenvalue weighted by atomic mass is 35.5. The van der Waals surface area contributed by atoms with Crippen molar-refractivity contribution in [3.8, 4) is 16.9 Å². The van der Waals surface area contributed by atoms with E-state index in [1.54, 1.807) is 48.9 Å². The Hall–Kier alpha value is -2.05. The number of aliphatic hydroxyl groups is 1. The molecule has 0 aliphatic rings. The van der Waals surface area contributed by atoms with Gasteiger partial charge in [-0.2, -0.15) is 5.10 Å². The summed E-state index contributed by atoms with van der Waals surface area (Å²) in [5.74, 6) is -0.388. The molecule has 1 heterocycles. The van der Waals surface area contributed by atoms with E-state index in [4.69, 9.17) is 34.8 Å². The van der Waals surface area contributed by atoms with Gasteiger partial charge in [-0.1, -0.05) is 46.9 Å². The lowest BCUT2D eigenvalue weighted by atomic mass is 10.0. The normalized spacial score (nSPS) is 11.6. The molecule has 29 heavy (non-hydrogen) atoms. The third-order valence-electron chi connectivity index (χ3n) is 4.44. The fourth-order valence-corrected chi connectivity index (χ4v) is 3.51. The van der Waals surface area contributed by atoms with Gasteiger partial charge in [0.25, 0.3) is 5.91 Å². The van der Waals surface area contributed by atoms with Crippen molar-refractivity contribution in [1.29, 1.82) is 0 Å². The molecule has 0 saturated heterocycles. The zero-order valence-corrected chi connectivity index (χ0v) is 18.4. The Bertz CT molecular complexity index is 1060. The minimum atomic E-state index is -0.786. The molecule has 3 aromatic rings. The van der Waals surface area contributed by atoms with Gasteiger partial charge >= 0.3 is 0 Å². The van der Waals surface area contributed by atoms with Crippen LogP contribution in [-0.2, 0) is 0 Å². The maximum atomic E-state index is 12.9. The van der Waals surface area contributed by atoms with Crippen LogP contribution in [0.1, 0.15) is 29.9 Å². The van der Waals surface area contributed by atoms with Gasteiger partial charge in [0.1, 0.15) is 0 Å². The number of halogens is 3. The van der Waals surface area contributed by atoms with Gasteiger partial charge < -0.3 is 10.4 Å². The van der Waals surface area contributed by atoms with Crippen LogP contribution in [0.25, 0.3) is 16.9 Å². The fourth-order valence-electron chi connectivity index (χ4n) is 2.89. The number of hydrogen-bond donors (Lipinski definition) is 2. The van der Waals surface area contributed by atoms with Crippen LogP contribution >= 0.6 is 34.8 Å². The second-order valence-electron chi connectivity index (χ2n) is 7.33. The molecule has 2 N–H and O–H groups in total. The van der Waals surface area contributed by atoms with E-state index in [0.717, 1.165) is 5.56 Å². The van der Waals surface area contributed by atoms with Crippen LogP contribution in [0.4, 0.5) is 0 Å². The van der Waals surface area contributed by atoms with Crippen molar-refractivity contribution in [3.63, 3.8) is 0 Å². The van der Waals surface area contributed by atoms with Crippen LogP contribution in [0.3, 0.4) is 0 Å². The number of carbonyl (C=O) groups is 1. The van der Waals surface area contributed by atoms with Gasteiger partial charge in [-0.15, -0.1) is 0 Å². The van der Waals surface area contributed by atoms with Crippen molar-refractivity contribution >= 4 is 40.7 Å². The zero-order chi connectivity index (χ0) is 21.3. The highest BCUT2D eigenvalue weighted by Gasteiger charge is 2.27. The Labute approximate surface area is 184 Å². The molecule has 1 amide bonds. The largest absolute Gasteiger partial charge is 0.394 e. The van der Waals surface area contributed by atoms with E-state index in [1.807, 2.05) is 19.1 Å². The Morgan fingerprint density at radius 2 is 1.72 bits per heavy atom. The standard InChI is InChI=1S/C21H20Cl3N3O2/c1-12-18(20(29)25-21(2,3)11-28)26-27(17-9-8-15(23)10-16(17)24)19(12)13-4-6-14(22)7-5-13/h4-10,28H,11H2,1-3H3,(H,25,29). The first-order chi connectivity index (χ1) is 13.6. The van der Waals surface area contributed by atoms with E-state index in [0.29, 0.717) is 32.0 Å². The topological polar surface area (TPSA) is 67.2 Å². The number of rotatable bonds is 5. The molecule has 0 saturated carbocycles. The van der Waals surface area contributed by atoms with Crippen molar-refractivity contribution < 1.29 is 9.90 Å². The van der Waals surface area contributed by atoms with Crippen LogP contribution in [0, 0.1) is 6.92 Å². The monoisotopic (exact) mass is 451 g/mol. The van der Waals surface area contributed by atoms with Crippen molar-refractivity contribution in [2.75, 3.05) is 6.61 Å². The minimum absolute atomic E-state index is 0.203. The first kappa shape index (κ1) is 21.7. The average Bonchev–Trinajstić information content (AvgIpc) is 2.99. The minimum Gasteiger partial charge on any atom is -0.394 e. The first-order valence-corrected chi connectivity index (χ1v) is 10.0. The second kappa shape index (κ2) is 8.36. The quantitative estimate of drug-likeness (QED) is 0.551. The second-order valence-corrected chi connectivity index (χ2v) is 8.61. The number of aliphatic hydroxyl groups excluding tert-OH is 1. The number of amides is 1. The van der Waals surface area contributed by atoms with E-state index in [1.165, 1.54) is 0 Å². The van der Waals surface area contributed by atoms with Gasteiger partial charge in [-0.05, 0) is 51.1 Å². The molecular weight excluding hydrogens is 433 g/mol. The van der Waals surface area contributed by atoms with Crippen molar-refractivity contribution in [2.45, 2.75) is 26.3 Å². The summed E-state index contributed by atoms with van der Waals surface area (Å²) >= 11 is 18.5. The maximum Gasteiger partial charge on any atom is 0.272 e. The lowest BCUT2D eigenvalue weighted by molar-refractivity contribution is 0.0863. The van der Waals surface area contributed by atoms with E-state index in [-0.39, 0.29) is 18.2 Å². The Kier molecular flexibility index (Phi) is 6.24. The first-order valence-electron chi connectivity index (χ1n) is 8.87.